The summed E-state index contributed by atoms with van der Waals surface area (Å²) in [7, 11) is 1.73. The lowest BCUT2D eigenvalue weighted by Crippen LogP contribution is -2.49. The second-order valence-electron chi connectivity index (χ2n) is 19.0. The van der Waals surface area contributed by atoms with Crippen LogP contribution in [0.5, 0.6) is 0 Å². The summed E-state index contributed by atoms with van der Waals surface area (Å²) < 4.78 is 44.9. The van der Waals surface area contributed by atoms with Gasteiger partial charge in [0.1, 0.15) is 17.4 Å². The van der Waals surface area contributed by atoms with Crippen molar-refractivity contribution in [2.24, 2.45) is 24.3 Å². The van der Waals surface area contributed by atoms with E-state index in [1.165, 1.54) is 36.3 Å². The van der Waals surface area contributed by atoms with Gasteiger partial charge in [-0.2, -0.15) is 18.3 Å². The van der Waals surface area contributed by atoms with E-state index in [-0.39, 0.29) is 35.4 Å². The number of imide groups is 1. The molecule has 2 aliphatic heterocycles. The summed E-state index contributed by atoms with van der Waals surface area (Å²) in [5.41, 5.74) is 0.858. The van der Waals surface area contributed by atoms with Gasteiger partial charge in [0.25, 0.3) is 5.91 Å². The molecule has 63 heavy (non-hydrogen) atoms. The van der Waals surface area contributed by atoms with Gasteiger partial charge in [0.15, 0.2) is 0 Å². The highest BCUT2D eigenvalue weighted by molar-refractivity contribution is 6.04. The first-order valence-electron chi connectivity index (χ1n) is 22.1. The number of nitrogens with one attached hydrogen (secondary N) is 3. The Hall–Kier alpha value is -5.55. The normalized spacial score (nSPS) is 22.4. The van der Waals surface area contributed by atoms with Crippen LogP contribution in [0.1, 0.15) is 112 Å². The topological polar surface area (TPSA) is 168 Å². The zero-order valence-electron chi connectivity index (χ0n) is 35.8. The van der Waals surface area contributed by atoms with Crippen LogP contribution in [-0.4, -0.2) is 77.8 Å². The average molecular weight is 870 g/mol. The minimum atomic E-state index is -4.69. The molecule has 2 aliphatic carbocycles. The highest BCUT2D eigenvalue weighted by Gasteiger charge is 2.46. The van der Waals surface area contributed by atoms with Gasteiger partial charge in [0, 0.05) is 49.4 Å². The Labute approximate surface area is 362 Å². The van der Waals surface area contributed by atoms with Crippen LogP contribution in [0, 0.1) is 17.3 Å². The van der Waals surface area contributed by atoms with Gasteiger partial charge in [-0.15, -0.1) is 0 Å². The number of carbonyl (C=O) groups excluding carboxylic acids is 3. The molecule has 1 atom stereocenters. The zero-order valence-corrected chi connectivity index (χ0v) is 35.8. The number of amides is 3. The third-order valence-corrected chi connectivity index (χ3v) is 14.1. The second-order valence-corrected chi connectivity index (χ2v) is 19.0. The fourth-order valence-corrected chi connectivity index (χ4v) is 10.7. The van der Waals surface area contributed by atoms with Gasteiger partial charge in [0.05, 0.1) is 33.9 Å². The maximum atomic E-state index is 13.3. The summed E-state index contributed by atoms with van der Waals surface area (Å²) in [6.45, 7) is 7.28. The highest BCUT2D eigenvalue weighted by atomic mass is 19.4. The molecule has 0 radical (unpaired) electrons. The van der Waals surface area contributed by atoms with Crippen LogP contribution < -0.4 is 21.6 Å². The number of piperidine rings is 2. The third-order valence-electron chi connectivity index (χ3n) is 14.1. The number of benzene rings is 2. The molecule has 14 nitrogen and oxygen atoms in total. The van der Waals surface area contributed by atoms with Crippen LogP contribution in [0.15, 0.2) is 59.5 Å². The molecule has 5 aromatic rings. The molecule has 5 heterocycles. The maximum Gasteiger partial charge on any atom is 0.433 e. The summed E-state index contributed by atoms with van der Waals surface area (Å²) in [6, 6.07) is 11.9. The van der Waals surface area contributed by atoms with Crippen LogP contribution in [-0.2, 0) is 28.4 Å². The minimum absolute atomic E-state index is 0.203. The molecule has 1 spiro atoms. The standard InChI is InChI=1S/C46H54F3N9O5/c1-44(2,63)31-21-34-29(20-35(31)52-41(60)33-7-5-9-38(51-33)46(47,48)49)26-57(54-34)30-12-10-27(11-13-30)25-56-18-16-45(17-19-56)22-28(23-45)24-50-32-6-4-8-36-40(32)55(3)43(62)58(36)37-14-15-39(59)53-42(37)61/h4-9,20-21,26-28,30,37,50,63H,10-19,22-25H2,1-3H3,(H,52,60)(H,53,59,61). The Morgan fingerprint density at radius 2 is 1.68 bits per heavy atom. The van der Waals surface area contributed by atoms with Crippen molar-refractivity contribution in [2.45, 2.75) is 102 Å². The van der Waals surface area contributed by atoms with E-state index >= 15 is 0 Å². The molecule has 0 bridgehead atoms. The molecule has 1 unspecified atom stereocenters. The molecular weight excluding hydrogens is 816 g/mol. The number of carbonyl (C=O) groups is 3. The van der Waals surface area contributed by atoms with Crippen molar-refractivity contribution in [1.29, 1.82) is 0 Å². The van der Waals surface area contributed by atoms with Gasteiger partial charge in [-0.25, -0.2) is 9.78 Å². The fraction of sp³-hybridized carbons (Fsp3) is 0.522. The van der Waals surface area contributed by atoms with Crippen LogP contribution in [0.2, 0.25) is 0 Å². The van der Waals surface area contributed by atoms with Crippen molar-refractivity contribution in [2.75, 3.05) is 36.8 Å². The van der Waals surface area contributed by atoms with E-state index in [4.69, 9.17) is 5.10 Å². The number of rotatable bonds is 10. The maximum absolute atomic E-state index is 13.3. The molecule has 4 N–H and O–H groups in total. The van der Waals surface area contributed by atoms with Crippen LogP contribution >= 0.6 is 0 Å². The molecule has 9 rings (SSSR count). The molecule has 3 amide bonds. The number of hydrogen-bond acceptors (Lipinski definition) is 9. The molecule has 4 aliphatic rings. The Balaban J connectivity index is 0.759. The predicted octanol–water partition coefficient (Wildman–Crippen LogP) is 6.90. The Bertz CT molecular complexity index is 2640. The lowest BCUT2D eigenvalue weighted by atomic mass is 9.57. The number of para-hydroxylation sites is 1. The number of aliphatic hydroxyl groups is 1. The number of alkyl halides is 3. The zero-order chi connectivity index (χ0) is 44.4. The number of imidazole rings is 1. The number of aryl methyl sites for hydroxylation is 1. The van der Waals surface area contributed by atoms with E-state index in [1.807, 2.05) is 29.1 Å². The van der Waals surface area contributed by atoms with E-state index < -0.39 is 35.3 Å². The van der Waals surface area contributed by atoms with Crippen molar-refractivity contribution in [3.8, 4) is 0 Å². The van der Waals surface area contributed by atoms with Gasteiger partial charge < -0.3 is 20.6 Å². The number of fused-ring (bicyclic) bond motifs is 2. The number of hydrogen-bond donors (Lipinski definition) is 4. The number of anilines is 2. The van der Waals surface area contributed by atoms with E-state index in [0.29, 0.717) is 40.3 Å². The van der Waals surface area contributed by atoms with E-state index in [0.717, 1.165) is 80.6 Å². The number of nitrogens with zero attached hydrogens (tertiary/aromatic N) is 6. The molecule has 334 valence electrons. The van der Waals surface area contributed by atoms with Crippen LogP contribution in [0.4, 0.5) is 24.5 Å². The molecule has 17 heteroatoms. The molecule has 2 saturated carbocycles. The minimum Gasteiger partial charge on any atom is -0.386 e. The lowest BCUT2D eigenvalue weighted by molar-refractivity contribution is -0.141. The lowest BCUT2D eigenvalue weighted by Gasteiger charge is -2.53. The van der Waals surface area contributed by atoms with Crippen LogP contribution in [0.3, 0.4) is 0 Å². The number of pyridine rings is 1. The SMILES string of the molecule is Cn1c(=O)n(C2CCC(=O)NC2=O)c2cccc(NCC3CC4(CCN(CC5CCC(n6cc7cc(NC(=O)c8cccc(C(F)(F)F)n8)c(C(C)(C)O)cc7n6)CC5)CC4)C3)c21. The summed E-state index contributed by atoms with van der Waals surface area (Å²) in [4.78, 5) is 57.0. The molecule has 3 aromatic heterocycles. The summed E-state index contributed by atoms with van der Waals surface area (Å²) in [5.74, 6) is -0.407. The second kappa shape index (κ2) is 16.2. The van der Waals surface area contributed by atoms with E-state index in [2.05, 4.69) is 25.8 Å². The van der Waals surface area contributed by atoms with E-state index in [1.54, 1.807) is 37.6 Å². The highest BCUT2D eigenvalue weighted by Crippen LogP contribution is 2.53. The van der Waals surface area contributed by atoms with Gasteiger partial charge >= 0.3 is 11.9 Å². The fourth-order valence-electron chi connectivity index (χ4n) is 10.7. The molecular formula is C46H54F3N9O5. The monoisotopic (exact) mass is 869 g/mol. The first kappa shape index (κ1) is 42.7. The molecule has 4 fully saturated rings. The number of halogens is 3. The summed E-state index contributed by atoms with van der Waals surface area (Å²) >= 11 is 0. The van der Waals surface area contributed by atoms with Gasteiger partial charge in [-0.1, -0.05) is 12.1 Å². The Kier molecular flexibility index (Phi) is 11.0. The quantitative estimate of drug-likeness (QED) is 0.109. The first-order chi connectivity index (χ1) is 29.9. The molecule has 2 saturated heterocycles. The Morgan fingerprint density at radius 3 is 2.38 bits per heavy atom. The summed E-state index contributed by atoms with van der Waals surface area (Å²) in [5, 5.41) is 25.3. The average Bonchev–Trinajstić information content (AvgIpc) is 3.76. The van der Waals surface area contributed by atoms with Crippen molar-refractivity contribution < 1.29 is 32.7 Å². The van der Waals surface area contributed by atoms with Gasteiger partial charge in [-0.3, -0.25) is 33.5 Å². The molecule has 2 aromatic carbocycles. The van der Waals surface area contributed by atoms with Crippen LogP contribution in [0.25, 0.3) is 21.9 Å². The summed E-state index contributed by atoms with van der Waals surface area (Å²) in [6.07, 6.45) is 6.66. The van der Waals surface area contributed by atoms with Crippen molar-refractivity contribution in [1.82, 2.24) is 34.1 Å². The largest absolute Gasteiger partial charge is 0.433 e. The van der Waals surface area contributed by atoms with Crippen molar-refractivity contribution >= 4 is 51.0 Å². The van der Waals surface area contributed by atoms with Crippen molar-refractivity contribution in [3.63, 3.8) is 0 Å². The van der Waals surface area contributed by atoms with Gasteiger partial charge in [0.2, 0.25) is 11.8 Å². The number of aromatic nitrogens is 5. The smallest absolute Gasteiger partial charge is 0.386 e. The van der Waals surface area contributed by atoms with Crippen molar-refractivity contribution in [3.05, 3.63) is 82.2 Å². The Morgan fingerprint density at radius 1 is 0.952 bits per heavy atom. The number of likely N-dealkylation sites (tertiary alicyclic amines) is 1. The third kappa shape index (κ3) is 8.48. The predicted molar refractivity (Wildman–Crippen MR) is 231 cm³/mol. The first-order valence-corrected chi connectivity index (χ1v) is 22.1. The van der Waals surface area contributed by atoms with Gasteiger partial charge in [-0.05, 0) is 138 Å². The van der Waals surface area contributed by atoms with E-state index in [9.17, 15) is 37.5 Å².